The van der Waals surface area contributed by atoms with Crippen molar-refractivity contribution in [2.24, 2.45) is 5.92 Å². The summed E-state index contributed by atoms with van der Waals surface area (Å²) in [5.41, 5.74) is 0.912. The molecule has 0 spiro atoms. The van der Waals surface area contributed by atoms with E-state index in [1.165, 1.54) is 12.8 Å². The molecule has 2 rings (SSSR count). The Morgan fingerprint density at radius 2 is 2.11 bits per heavy atom. The number of aromatic nitrogens is 2. The molecule has 0 radical (unpaired) electrons. The van der Waals surface area contributed by atoms with E-state index in [2.05, 4.69) is 44.2 Å². The molecular formula is C14H19BrClN3. The van der Waals surface area contributed by atoms with E-state index in [1.54, 1.807) is 6.33 Å². The Balaban J connectivity index is 1.96. The number of rotatable bonds is 4. The van der Waals surface area contributed by atoms with E-state index in [9.17, 15) is 0 Å². The van der Waals surface area contributed by atoms with Gasteiger partial charge in [0.05, 0.1) is 5.69 Å². The highest BCUT2D eigenvalue weighted by Crippen LogP contribution is 2.29. The van der Waals surface area contributed by atoms with Crippen molar-refractivity contribution in [3.63, 3.8) is 0 Å². The maximum absolute atomic E-state index is 6.30. The number of hydrogen-bond donors (Lipinski definition) is 1. The summed E-state index contributed by atoms with van der Waals surface area (Å²) < 4.78 is 0. The Morgan fingerprint density at radius 1 is 1.37 bits per heavy atom. The van der Waals surface area contributed by atoms with Crippen molar-refractivity contribution in [1.82, 2.24) is 9.97 Å². The maximum Gasteiger partial charge on any atom is 0.148 e. The Bertz CT molecular complexity index is 442. The highest BCUT2D eigenvalue weighted by atomic mass is 79.9. The van der Waals surface area contributed by atoms with E-state index in [1.807, 2.05) is 4.99 Å². The monoisotopic (exact) mass is 343 g/mol. The van der Waals surface area contributed by atoms with Crippen molar-refractivity contribution >= 4 is 33.3 Å². The standard InChI is InChI=1S/C14H19BrClN3/c1-2-12-13(16)14(18-9-17-12)19-11-5-3-10(4-6-11)7-8-15/h7-11H,2-6H2,1H3,(H,17,18,19). The molecule has 104 valence electrons. The average Bonchev–Trinajstić information content (AvgIpc) is 2.43. The maximum atomic E-state index is 6.30. The minimum Gasteiger partial charge on any atom is -0.366 e. The summed E-state index contributed by atoms with van der Waals surface area (Å²) in [6, 6.07) is 0.470. The molecule has 1 N–H and O–H groups in total. The van der Waals surface area contributed by atoms with Gasteiger partial charge in [0.2, 0.25) is 0 Å². The van der Waals surface area contributed by atoms with Gasteiger partial charge < -0.3 is 5.32 Å². The van der Waals surface area contributed by atoms with Crippen molar-refractivity contribution in [2.45, 2.75) is 45.1 Å². The second-order valence-electron chi connectivity index (χ2n) is 4.91. The zero-order valence-electron chi connectivity index (χ0n) is 11.1. The lowest BCUT2D eigenvalue weighted by atomic mass is 9.86. The van der Waals surface area contributed by atoms with Crippen LogP contribution in [0.15, 0.2) is 17.4 Å². The van der Waals surface area contributed by atoms with Crippen molar-refractivity contribution in [3.05, 3.63) is 28.1 Å². The Hall–Kier alpha value is -0.610. The molecule has 1 fully saturated rings. The minimum atomic E-state index is 0.470. The van der Waals surface area contributed by atoms with Crippen LogP contribution in [0.2, 0.25) is 5.02 Å². The SMILES string of the molecule is CCc1ncnc(NC2CCC(C=CBr)CC2)c1Cl. The molecule has 0 bridgehead atoms. The largest absolute Gasteiger partial charge is 0.366 e. The molecule has 1 aromatic heterocycles. The van der Waals surface area contributed by atoms with Gasteiger partial charge in [0, 0.05) is 6.04 Å². The van der Waals surface area contributed by atoms with Crippen LogP contribution in [0.5, 0.6) is 0 Å². The first-order chi connectivity index (χ1) is 9.24. The highest BCUT2D eigenvalue weighted by Gasteiger charge is 2.20. The second-order valence-corrected chi connectivity index (χ2v) is 5.82. The number of nitrogens with zero attached hydrogens (tertiary/aromatic N) is 2. The number of anilines is 1. The second kappa shape index (κ2) is 7.25. The first kappa shape index (κ1) is 14.8. The average molecular weight is 345 g/mol. The quantitative estimate of drug-likeness (QED) is 0.869. The molecule has 1 saturated carbocycles. The topological polar surface area (TPSA) is 37.8 Å². The van der Waals surface area contributed by atoms with Crippen LogP contribution >= 0.6 is 27.5 Å². The predicted octanol–water partition coefficient (Wildman–Crippen LogP) is 4.57. The van der Waals surface area contributed by atoms with Gasteiger partial charge in [0.25, 0.3) is 0 Å². The van der Waals surface area contributed by atoms with E-state index < -0.39 is 0 Å². The zero-order chi connectivity index (χ0) is 13.7. The normalized spacial score (nSPS) is 23.7. The van der Waals surface area contributed by atoms with E-state index >= 15 is 0 Å². The van der Waals surface area contributed by atoms with Crippen LogP contribution in [0.3, 0.4) is 0 Å². The fourth-order valence-electron chi connectivity index (χ4n) is 2.51. The number of halogens is 2. The van der Waals surface area contributed by atoms with Gasteiger partial charge in [-0.1, -0.05) is 40.5 Å². The molecule has 0 unspecified atom stereocenters. The van der Waals surface area contributed by atoms with Gasteiger partial charge >= 0.3 is 0 Å². The Kier molecular flexibility index (Phi) is 5.64. The third-order valence-electron chi connectivity index (χ3n) is 3.65. The number of aryl methyl sites for hydroxylation is 1. The molecule has 1 heterocycles. The lowest BCUT2D eigenvalue weighted by Gasteiger charge is -2.28. The Morgan fingerprint density at radius 3 is 2.74 bits per heavy atom. The molecule has 0 saturated heterocycles. The highest BCUT2D eigenvalue weighted by molar-refractivity contribution is 9.11. The minimum absolute atomic E-state index is 0.470. The van der Waals surface area contributed by atoms with E-state index in [4.69, 9.17) is 11.6 Å². The summed E-state index contributed by atoms with van der Waals surface area (Å²) in [5, 5.41) is 4.14. The summed E-state index contributed by atoms with van der Waals surface area (Å²) in [6.45, 7) is 2.05. The van der Waals surface area contributed by atoms with Crippen LogP contribution in [-0.2, 0) is 6.42 Å². The molecule has 1 aliphatic carbocycles. The molecular weight excluding hydrogens is 326 g/mol. The van der Waals surface area contributed by atoms with Gasteiger partial charge in [0.15, 0.2) is 0 Å². The fourth-order valence-corrected chi connectivity index (χ4v) is 3.22. The van der Waals surface area contributed by atoms with Crippen LogP contribution in [0.1, 0.15) is 38.3 Å². The zero-order valence-corrected chi connectivity index (χ0v) is 13.4. The van der Waals surface area contributed by atoms with Gasteiger partial charge in [-0.15, -0.1) is 0 Å². The first-order valence-corrected chi connectivity index (χ1v) is 8.06. The van der Waals surface area contributed by atoms with Crippen LogP contribution in [0.25, 0.3) is 0 Å². The summed E-state index contributed by atoms with van der Waals surface area (Å²) >= 11 is 9.65. The molecule has 0 atom stereocenters. The molecule has 19 heavy (non-hydrogen) atoms. The summed E-state index contributed by atoms with van der Waals surface area (Å²) in [7, 11) is 0. The van der Waals surface area contributed by atoms with E-state index in [0.717, 1.165) is 30.8 Å². The van der Waals surface area contributed by atoms with Crippen LogP contribution in [0.4, 0.5) is 5.82 Å². The lowest BCUT2D eigenvalue weighted by Crippen LogP contribution is -2.26. The van der Waals surface area contributed by atoms with Gasteiger partial charge in [0.1, 0.15) is 17.2 Å². The van der Waals surface area contributed by atoms with Crippen molar-refractivity contribution < 1.29 is 0 Å². The van der Waals surface area contributed by atoms with Crippen LogP contribution in [0, 0.1) is 5.92 Å². The first-order valence-electron chi connectivity index (χ1n) is 6.77. The molecule has 0 amide bonds. The predicted molar refractivity (Wildman–Crippen MR) is 83.9 cm³/mol. The molecule has 3 nitrogen and oxygen atoms in total. The smallest absolute Gasteiger partial charge is 0.148 e. The molecule has 0 aliphatic heterocycles. The van der Waals surface area contributed by atoms with Crippen molar-refractivity contribution in [1.29, 1.82) is 0 Å². The van der Waals surface area contributed by atoms with Gasteiger partial charge in [-0.25, -0.2) is 9.97 Å². The lowest BCUT2D eigenvalue weighted by molar-refractivity contribution is 0.390. The van der Waals surface area contributed by atoms with E-state index in [0.29, 0.717) is 17.0 Å². The van der Waals surface area contributed by atoms with Crippen LogP contribution < -0.4 is 5.32 Å². The fraction of sp³-hybridized carbons (Fsp3) is 0.571. The molecule has 0 aromatic carbocycles. The number of hydrogen-bond acceptors (Lipinski definition) is 3. The molecule has 5 heteroatoms. The number of nitrogens with one attached hydrogen (secondary N) is 1. The molecule has 1 aliphatic rings. The van der Waals surface area contributed by atoms with Gasteiger partial charge in [-0.3, -0.25) is 0 Å². The van der Waals surface area contributed by atoms with Crippen molar-refractivity contribution in [2.75, 3.05) is 5.32 Å². The summed E-state index contributed by atoms with van der Waals surface area (Å²) in [5.74, 6) is 1.48. The summed E-state index contributed by atoms with van der Waals surface area (Å²) in [6.07, 6.45) is 9.40. The van der Waals surface area contributed by atoms with Gasteiger partial charge in [-0.05, 0) is 43.0 Å². The third kappa shape index (κ3) is 3.93. The molecule has 1 aromatic rings. The van der Waals surface area contributed by atoms with Crippen LogP contribution in [-0.4, -0.2) is 16.0 Å². The Labute approximate surface area is 128 Å². The van der Waals surface area contributed by atoms with E-state index in [-0.39, 0.29) is 0 Å². The number of allylic oxidation sites excluding steroid dienone is 1. The van der Waals surface area contributed by atoms with Gasteiger partial charge in [-0.2, -0.15) is 0 Å². The van der Waals surface area contributed by atoms with Crippen molar-refractivity contribution in [3.8, 4) is 0 Å². The third-order valence-corrected chi connectivity index (χ3v) is 4.36. The summed E-state index contributed by atoms with van der Waals surface area (Å²) in [4.78, 5) is 10.4.